The van der Waals surface area contributed by atoms with Crippen LogP contribution in [0.25, 0.3) is 112 Å². The highest BCUT2D eigenvalue weighted by Crippen LogP contribution is 2.63. The molecule has 2 aliphatic carbocycles. The molecular formula is C69H44N4. The van der Waals surface area contributed by atoms with Crippen molar-refractivity contribution < 1.29 is 0 Å². The third kappa shape index (κ3) is 7.14. The normalized spacial score (nSPS) is 12.5. The topological polar surface area (TPSA) is 51.6 Å². The molecule has 10 aromatic carbocycles. The van der Waals surface area contributed by atoms with Gasteiger partial charge in [-0.25, -0.2) is 19.9 Å². The first-order chi connectivity index (χ1) is 36.2. The van der Waals surface area contributed by atoms with Crippen molar-refractivity contribution in [3.63, 3.8) is 0 Å². The molecule has 0 aliphatic heterocycles. The van der Waals surface area contributed by atoms with Crippen molar-refractivity contribution in [3.05, 3.63) is 289 Å². The lowest BCUT2D eigenvalue weighted by molar-refractivity contribution is 0.794. The molecule has 2 heterocycles. The summed E-state index contributed by atoms with van der Waals surface area (Å²) in [7, 11) is 0. The van der Waals surface area contributed by atoms with E-state index in [1.807, 2.05) is 60.7 Å². The SMILES string of the molecule is c1ccc(-c2cc(-c3ccccc3)nc(-c3cccc(-c4ccc5c(c4)C4(c6ccccc6-c6ccccc64)c4cc(-c6cccc(-c7nc(-c8ccccc8)nc(-c8ccccc8)n7)c6)ccc4-5)c3)c2)cc1. The van der Waals surface area contributed by atoms with Gasteiger partial charge in [-0.1, -0.05) is 231 Å². The number of hydrogen-bond acceptors (Lipinski definition) is 4. The van der Waals surface area contributed by atoms with E-state index in [9.17, 15) is 0 Å². The molecule has 0 saturated heterocycles. The van der Waals surface area contributed by atoms with Crippen molar-refractivity contribution in [2.75, 3.05) is 0 Å². The highest BCUT2D eigenvalue weighted by atomic mass is 15.0. The molecule has 0 N–H and O–H groups in total. The molecule has 2 aromatic heterocycles. The second-order valence-electron chi connectivity index (χ2n) is 18.9. The first-order valence-corrected chi connectivity index (χ1v) is 24.9. The van der Waals surface area contributed by atoms with Gasteiger partial charge in [0.25, 0.3) is 0 Å². The van der Waals surface area contributed by atoms with Crippen molar-refractivity contribution in [1.29, 1.82) is 0 Å². The molecule has 0 unspecified atom stereocenters. The Kier molecular flexibility index (Phi) is 10.0. The van der Waals surface area contributed by atoms with Crippen LogP contribution in [0.15, 0.2) is 267 Å². The van der Waals surface area contributed by atoms with Gasteiger partial charge in [-0.2, -0.15) is 0 Å². The van der Waals surface area contributed by atoms with E-state index in [2.05, 4.69) is 206 Å². The minimum Gasteiger partial charge on any atom is -0.248 e. The number of hydrogen-bond donors (Lipinski definition) is 0. The maximum absolute atomic E-state index is 5.31. The van der Waals surface area contributed by atoms with E-state index in [1.54, 1.807) is 0 Å². The third-order valence-corrected chi connectivity index (χ3v) is 14.7. The Hall–Kier alpha value is -9.64. The predicted molar refractivity (Wildman–Crippen MR) is 297 cm³/mol. The van der Waals surface area contributed by atoms with E-state index in [0.717, 1.165) is 72.6 Å². The van der Waals surface area contributed by atoms with Gasteiger partial charge in [-0.3, -0.25) is 0 Å². The highest BCUT2D eigenvalue weighted by molar-refractivity contribution is 5.97. The molecule has 2 aliphatic rings. The fourth-order valence-corrected chi connectivity index (χ4v) is 11.4. The number of nitrogens with zero attached hydrogens (tertiary/aromatic N) is 4. The number of fused-ring (bicyclic) bond motifs is 10. The lowest BCUT2D eigenvalue weighted by Gasteiger charge is -2.31. The Labute approximate surface area is 424 Å². The summed E-state index contributed by atoms with van der Waals surface area (Å²) in [5.74, 6) is 1.91. The summed E-state index contributed by atoms with van der Waals surface area (Å²) < 4.78 is 0. The molecule has 340 valence electrons. The van der Waals surface area contributed by atoms with Crippen LogP contribution in [0.4, 0.5) is 0 Å². The summed E-state index contributed by atoms with van der Waals surface area (Å²) in [6.45, 7) is 0. The molecule has 0 bridgehead atoms. The summed E-state index contributed by atoms with van der Waals surface area (Å²) in [6.07, 6.45) is 0. The van der Waals surface area contributed by atoms with Crippen LogP contribution in [0.5, 0.6) is 0 Å². The molecule has 14 rings (SSSR count). The Balaban J connectivity index is 0.906. The second-order valence-corrected chi connectivity index (χ2v) is 18.9. The van der Waals surface area contributed by atoms with Crippen molar-refractivity contribution in [2.45, 2.75) is 5.41 Å². The quantitative estimate of drug-likeness (QED) is 0.152. The lowest BCUT2D eigenvalue weighted by Crippen LogP contribution is -2.26. The summed E-state index contributed by atoms with van der Waals surface area (Å²) in [5.41, 5.74) is 23.3. The standard InChI is InChI=1S/C69H44N4/c1-5-19-45(20-6-1)55-43-64(46-21-7-2-8-22-46)70-65(44-55)53-29-17-27-49(39-53)51-35-37-58-59-38-36-52(42-63(59)69(62(58)41-51)60-33-15-13-31-56(60)57-32-14-16-34-61(57)69)50-28-18-30-54(40-50)68-72-66(47-23-9-3-10-24-47)71-67(73-68)48-25-11-4-12-26-48/h1-44H. The molecule has 0 saturated carbocycles. The van der Waals surface area contributed by atoms with Crippen LogP contribution in [-0.4, -0.2) is 19.9 Å². The Morgan fingerprint density at radius 1 is 0.192 bits per heavy atom. The summed E-state index contributed by atoms with van der Waals surface area (Å²) >= 11 is 0. The van der Waals surface area contributed by atoms with Gasteiger partial charge in [0, 0.05) is 27.8 Å². The van der Waals surface area contributed by atoms with Crippen LogP contribution in [0.3, 0.4) is 0 Å². The van der Waals surface area contributed by atoms with Crippen molar-refractivity contribution in [3.8, 4) is 112 Å². The van der Waals surface area contributed by atoms with Crippen molar-refractivity contribution >= 4 is 0 Å². The molecule has 0 amide bonds. The van der Waals surface area contributed by atoms with Crippen LogP contribution in [0.1, 0.15) is 22.3 Å². The molecule has 4 heteroatoms. The zero-order chi connectivity index (χ0) is 48.3. The molecule has 73 heavy (non-hydrogen) atoms. The Morgan fingerprint density at radius 3 is 1.07 bits per heavy atom. The summed E-state index contributed by atoms with van der Waals surface area (Å²) in [6, 6.07) is 95.6. The maximum Gasteiger partial charge on any atom is 0.164 e. The van der Waals surface area contributed by atoms with Crippen molar-refractivity contribution in [2.24, 2.45) is 0 Å². The maximum atomic E-state index is 5.31. The number of aromatic nitrogens is 4. The van der Waals surface area contributed by atoms with E-state index in [1.165, 1.54) is 44.5 Å². The second kappa shape index (κ2) is 17.3. The predicted octanol–water partition coefficient (Wildman–Crippen LogP) is 16.9. The number of pyridine rings is 1. The van der Waals surface area contributed by atoms with Gasteiger partial charge >= 0.3 is 0 Å². The van der Waals surface area contributed by atoms with E-state index in [0.29, 0.717) is 17.5 Å². The molecule has 0 fully saturated rings. The van der Waals surface area contributed by atoms with Gasteiger partial charge in [0.05, 0.1) is 16.8 Å². The molecule has 12 aromatic rings. The van der Waals surface area contributed by atoms with E-state index in [4.69, 9.17) is 19.9 Å². The van der Waals surface area contributed by atoms with Gasteiger partial charge < -0.3 is 0 Å². The Bertz CT molecular complexity index is 3690. The zero-order valence-electron chi connectivity index (χ0n) is 39.7. The minimum atomic E-state index is -0.557. The van der Waals surface area contributed by atoms with Crippen LogP contribution in [0, 0.1) is 0 Å². The van der Waals surface area contributed by atoms with Crippen LogP contribution < -0.4 is 0 Å². The van der Waals surface area contributed by atoms with E-state index < -0.39 is 5.41 Å². The fraction of sp³-hybridized carbons (Fsp3) is 0.0145. The van der Waals surface area contributed by atoms with Crippen LogP contribution in [-0.2, 0) is 5.41 Å². The van der Waals surface area contributed by atoms with Crippen LogP contribution >= 0.6 is 0 Å². The van der Waals surface area contributed by atoms with Crippen LogP contribution in [0.2, 0.25) is 0 Å². The fourth-order valence-electron chi connectivity index (χ4n) is 11.4. The monoisotopic (exact) mass is 928 g/mol. The average Bonchev–Trinajstić information content (AvgIpc) is 3.96. The largest absolute Gasteiger partial charge is 0.248 e. The average molecular weight is 929 g/mol. The summed E-state index contributed by atoms with van der Waals surface area (Å²) in [5, 5.41) is 0. The zero-order valence-corrected chi connectivity index (χ0v) is 39.7. The minimum absolute atomic E-state index is 0.557. The van der Waals surface area contributed by atoms with Gasteiger partial charge in [0.15, 0.2) is 17.5 Å². The number of benzene rings is 10. The molecule has 4 nitrogen and oxygen atoms in total. The van der Waals surface area contributed by atoms with Gasteiger partial charge in [-0.05, 0) is 114 Å². The molecule has 1 spiro atoms. The van der Waals surface area contributed by atoms with Gasteiger partial charge in [-0.15, -0.1) is 0 Å². The Morgan fingerprint density at radius 2 is 0.548 bits per heavy atom. The van der Waals surface area contributed by atoms with E-state index >= 15 is 0 Å². The molecule has 0 radical (unpaired) electrons. The van der Waals surface area contributed by atoms with Crippen molar-refractivity contribution in [1.82, 2.24) is 19.9 Å². The van der Waals surface area contributed by atoms with Gasteiger partial charge in [0.2, 0.25) is 0 Å². The van der Waals surface area contributed by atoms with E-state index in [-0.39, 0.29) is 0 Å². The lowest BCUT2D eigenvalue weighted by atomic mass is 9.70. The smallest absolute Gasteiger partial charge is 0.164 e. The number of rotatable bonds is 8. The first kappa shape index (κ1) is 42.3. The first-order valence-electron chi connectivity index (χ1n) is 24.9. The summed E-state index contributed by atoms with van der Waals surface area (Å²) in [4.78, 5) is 20.4. The third-order valence-electron chi connectivity index (χ3n) is 14.7. The molecule has 0 atom stereocenters. The highest BCUT2D eigenvalue weighted by Gasteiger charge is 2.51. The molecular weight excluding hydrogens is 885 g/mol. The van der Waals surface area contributed by atoms with Gasteiger partial charge in [0.1, 0.15) is 0 Å².